The van der Waals surface area contributed by atoms with Crippen LogP contribution in [0.2, 0.25) is 0 Å². The van der Waals surface area contributed by atoms with Crippen LogP contribution in [0.3, 0.4) is 0 Å². The van der Waals surface area contributed by atoms with Gasteiger partial charge in [-0.1, -0.05) is 43.3 Å². The summed E-state index contributed by atoms with van der Waals surface area (Å²) in [5, 5.41) is 3.28. The number of H-pyrrole nitrogens is 1. The highest BCUT2D eigenvalue weighted by Crippen LogP contribution is 2.29. The molecule has 1 heterocycles. The van der Waals surface area contributed by atoms with Crippen molar-refractivity contribution in [3.8, 4) is 0 Å². The minimum atomic E-state index is 0.613. The van der Waals surface area contributed by atoms with Crippen molar-refractivity contribution in [3.05, 3.63) is 46.5 Å². The Morgan fingerprint density at radius 1 is 1.32 bits per heavy atom. The standard InChI is InChI=1S/C17H22N4S/c1-2-20(12-15-8-9-15)13-21-17(22)18-16(19-21)11-10-14-6-4-3-5-7-14/h3-7,10-11,15H,2,8-9,12-13H2,1H3,(H,18,19,22)/b11-10+. The van der Waals surface area contributed by atoms with Gasteiger partial charge in [-0.2, -0.15) is 4.98 Å². The lowest BCUT2D eigenvalue weighted by atomic mass is 10.2. The fourth-order valence-corrected chi connectivity index (χ4v) is 2.64. The summed E-state index contributed by atoms with van der Waals surface area (Å²) in [4.78, 5) is 6.83. The Hall–Kier alpha value is -1.72. The van der Waals surface area contributed by atoms with Crippen LogP contribution >= 0.6 is 12.2 Å². The van der Waals surface area contributed by atoms with Gasteiger partial charge in [0.05, 0.1) is 6.67 Å². The van der Waals surface area contributed by atoms with E-state index >= 15 is 0 Å². The minimum absolute atomic E-state index is 0.613. The normalized spacial score (nSPS) is 15.0. The van der Waals surface area contributed by atoms with Crippen LogP contribution in [-0.2, 0) is 6.67 Å². The van der Waals surface area contributed by atoms with Crippen molar-refractivity contribution in [2.45, 2.75) is 26.4 Å². The molecule has 0 radical (unpaired) electrons. The van der Waals surface area contributed by atoms with E-state index in [1.807, 2.05) is 35.0 Å². The molecular formula is C17H22N4S. The molecule has 2 aromatic rings. The summed E-state index contributed by atoms with van der Waals surface area (Å²) in [5.74, 6) is 1.69. The molecular weight excluding hydrogens is 292 g/mol. The fraction of sp³-hybridized carbons (Fsp3) is 0.412. The molecule has 1 fully saturated rings. The highest BCUT2D eigenvalue weighted by atomic mass is 32.1. The monoisotopic (exact) mass is 314 g/mol. The zero-order valence-corrected chi connectivity index (χ0v) is 13.7. The molecule has 0 aliphatic heterocycles. The average Bonchev–Trinajstić information content (AvgIpc) is 3.29. The molecule has 0 spiro atoms. The van der Waals surface area contributed by atoms with Crippen LogP contribution in [0.4, 0.5) is 0 Å². The molecule has 3 rings (SSSR count). The van der Waals surface area contributed by atoms with E-state index in [9.17, 15) is 0 Å². The van der Waals surface area contributed by atoms with Crippen LogP contribution in [0, 0.1) is 10.7 Å². The second-order valence-corrected chi connectivity index (χ2v) is 6.18. The van der Waals surface area contributed by atoms with E-state index in [1.54, 1.807) is 0 Å². The Morgan fingerprint density at radius 2 is 2.09 bits per heavy atom. The lowest BCUT2D eigenvalue weighted by Crippen LogP contribution is -2.29. The summed E-state index contributed by atoms with van der Waals surface area (Å²) in [7, 11) is 0. The van der Waals surface area contributed by atoms with E-state index in [1.165, 1.54) is 12.8 Å². The van der Waals surface area contributed by atoms with Crippen molar-refractivity contribution in [1.29, 1.82) is 0 Å². The Bertz CT molecular complexity index is 682. The van der Waals surface area contributed by atoms with Crippen LogP contribution in [0.5, 0.6) is 0 Å². The maximum Gasteiger partial charge on any atom is 0.217 e. The largest absolute Gasteiger partial charge is 0.284 e. The molecule has 4 nitrogen and oxygen atoms in total. The third kappa shape index (κ3) is 4.15. The van der Waals surface area contributed by atoms with Crippen LogP contribution < -0.4 is 0 Å². The molecule has 1 aliphatic rings. The van der Waals surface area contributed by atoms with E-state index in [-0.39, 0.29) is 0 Å². The van der Waals surface area contributed by atoms with E-state index in [0.29, 0.717) is 4.77 Å². The summed E-state index contributed by atoms with van der Waals surface area (Å²) >= 11 is 5.36. The molecule has 22 heavy (non-hydrogen) atoms. The molecule has 1 N–H and O–H groups in total. The van der Waals surface area contributed by atoms with Gasteiger partial charge in [0.15, 0.2) is 0 Å². The second-order valence-electron chi connectivity index (χ2n) is 5.82. The summed E-state index contributed by atoms with van der Waals surface area (Å²) in [6.45, 7) is 5.18. The predicted molar refractivity (Wildman–Crippen MR) is 92.8 cm³/mol. The third-order valence-corrected chi connectivity index (χ3v) is 4.24. The summed E-state index contributed by atoms with van der Waals surface area (Å²) in [5.41, 5.74) is 1.15. The van der Waals surface area contributed by atoms with Gasteiger partial charge in [-0.15, -0.1) is 0 Å². The van der Waals surface area contributed by atoms with Crippen LogP contribution in [0.15, 0.2) is 30.3 Å². The minimum Gasteiger partial charge on any atom is -0.284 e. The molecule has 1 aromatic carbocycles. The van der Waals surface area contributed by atoms with Crippen LogP contribution in [-0.4, -0.2) is 32.8 Å². The Morgan fingerprint density at radius 3 is 2.77 bits per heavy atom. The molecule has 0 amide bonds. The predicted octanol–water partition coefficient (Wildman–Crippen LogP) is 3.80. The van der Waals surface area contributed by atoms with E-state index in [4.69, 9.17) is 12.2 Å². The van der Waals surface area contributed by atoms with Crippen molar-refractivity contribution in [2.75, 3.05) is 13.1 Å². The number of hydrogen-bond donors (Lipinski definition) is 1. The van der Waals surface area contributed by atoms with Gasteiger partial charge in [0.2, 0.25) is 4.77 Å². The molecule has 1 aliphatic carbocycles. The van der Waals surface area contributed by atoms with Gasteiger partial charge < -0.3 is 0 Å². The number of benzene rings is 1. The summed E-state index contributed by atoms with van der Waals surface area (Å²) in [6, 6.07) is 10.2. The fourth-order valence-electron chi connectivity index (χ4n) is 2.44. The van der Waals surface area contributed by atoms with E-state index in [2.05, 4.69) is 34.0 Å². The Balaban J connectivity index is 1.67. The summed E-state index contributed by atoms with van der Waals surface area (Å²) < 4.78 is 2.56. The first-order valence-electron chi connectivity index (χ1n) is 7.87. The first-order valence-corrected chi connectivity index (χ1v) is 8.27. The molecule has 0 bridgehead atoms. The quantitative estimate of drug-likeness (QED) is 0.790. The number of rotatable bonds is 7. The average molecular weight is 314 g/mol. The maximum atomic E-state index is 5.36. The van der Waals surface area contributed by atoms with Crippen molar-refractivity contribution < 1.29 is 0 Å². The van der Waals surface area contributed by atoms with Crippen molar-refractivity contribution >= 4 is 24.4 Å². The maximum absolute atomic E-state index is 5.36. The number of hydrogen-bond acceptors (Lipinski definition) is 3. The first-order chi connectivity index (χ1) is 10.7. The first kappa shape index (κ1) is 15.2. The molecule has 0 atom stereocenters. The molecule has 0 unspecified atom stereocenters. The Kier molecular flexibility index (Phi) is 4.85. The molecule has 1 saturated carbocycles. The zero-order valence-electron chi connectivity index (χ0n) is 12.9. The van der Waals surface area contributed by atoms with Crippen molar-refractivity contribution in [3.63, 3.8) is 0 Å². The molecule has 116 valence electrons. The number of nitrogens with zero attached hydrogens (tertiary/aromatic N) is 3. The number of aromatic amines is 1. The van der Waals surface area contributed by atoms with Gasteiger partial charge in [0.1, 0.15) is 5.82 Å². The SMILES string of the molecule is CCN(CC1CC1)Cn1[nH]c(/C=C/c2ccccc2)nc1=S. The van der Waals surface area contributed by atoms with Crippen LogP contribution in [0.1, 0.15) is 31.2 Å². The van der Waals surface area contributed by atoms with Gasteiger partial charge in [-0.25, -0.2) is 4.68 Å². The topological polar surface area (TPSA) is 36.9 Å². The van der Waals surface area contributed by atoms with Crippen molar-refractivity contribution in [1.82, 2.24) is 19.7 Å². The highest BCUT2D eigenvalue weighted by molar-refractivity contribution is 7.71. The van der Waals surface area contributed by atoms with Gasteiger partial charge in [-0.3, -0.25) is 10.00 Å². The second kappa shape index (κ2) is 7.03. The third-order valence-electron chi connectivity index (χ3n) is 3.93. The van der Waals surface area contributed by atoms with Gasteiger partial charge in [0.25, 0.3) is 0 Å². The number of aromatic nitrogens is 3. The van der Waals surface area contributed by atoms with Gasteiger partial charge in [-0.05, 0) is 49.2 Å². The lowest BCUT2D eigenvalue weighted by molar-refractivity contribution is 0.207. The zero-order chi connectivity index (χ0) is 15.4. The van der Waals surface area contributed by atoms with Gasteiger partial charge in [0, 0.05) is 6.54 Å². The van der Waals surface area contributed by atoms with E-state index < -0.39 is 0 Å². The smallest absolute Gasteiger partial charge is 0.217 e. The van der Waals surface area contributed by atoms with Crippen LogP contribution in [0.25, 0.3) is 12.2 Å². The van der Waals surface area contributed by atoms with E-state index in [0.717, 1.165) is 37.1 Å². The Labute approximate surface area is 136 Å². The molecule has 0 saturated heterocycles. The number of nitrogens with one attached hydrogen (secondary N) is 1. The lowest BCUT2D eigenvalue weighted by Gasteiger charge is -2.19. The van der Waals surface area contributed by atoms with Crippen molar-refractivity contribution in [2.24, 2.45) is 5.92 Å². The molecule has 1 aromatic heterocycles. The highest BCUT2D eigenvalue weighted by Gasteiger charge is 2.23. The van der Waals surface area contributed by atoms with Gasteiger partial charge >= 0.3 is 0 Å². The molecule has 5 heteroatoms. The summed E-state index contributed by atoms with van der Waals surface area (Å²) in [6.07, 6.45) is 6.75.